The Hall–Kier alpha value is -1.51. The average molecular weight is 460 g/mol. The molecule has 1 heterocycles. The maximum atomic E-state index is 11.6. The molecular formula is C18H29IN4O2. The quantitative estimate of drug-likeness (QED) is 0.370. The molecule has 0 saturated heterocycles. The summed E-state index contributed by atoms with van der Waals surface area (Å²) in [6.07, 6.45) is 2.35. The minimum Gasteiger partial charge on any atom is -0.493 e. The van der Waals surface area contributed by atoms with Gasteiger partial charge in [-0.15, -0.1) is 24.0 Å². The highest BCUT2D eigenvalue weighted by atomic mass is 127. The van der Waals surface area contributed by atoms with Gasteiger partial charge in [0.15, 0.2) is 5.96 Å². The topological polar surface area (TPSA) is 66.0 Å². The van der Waals surface area contributed by atoms with Crippen molar-refractivity contribution < 1.29 is 9.53 Å². The minimum atomic E-state index is 0. The number of hydrogen-bond donors (Lipinski definition) is 2. The van der Waals surface area contributed by atoms with Gasteiger partial charge in [0.25, 0.3) is 0 Å². The van der Waals surface area contributed by atoms with E-state index in [0.717, 1.165) is 44.2 Å². The molecule has 0 aromatic heterocycles. The van der Waals surface area contributed by atoms with Crippen LogP contribution in [0.3, 0.4) is 0 Å². The number of benzene rings is 1. The van der Waals surface area contributed by atoms with Gasteiger partial charge in [-0.1, -0.05) is 12.1 Å². The molecule has 0 radical (unpaired) electrons. The third-order valence-electron chi connectivity index (χ3n) is 3.90. The van der Waals surface area contributed by atoms with E-state index in [1.807, 2.05) is 6.92 Å². The number of aliphatic imine (C=N–C) groups is 1. The van der Waals surface area contributed by atoms with E-state index in [2.05, 4.69) is 33.8 Å². The number of ether oxygens (including phenoxy) is 1. The number of carbonyl (C=O) groups excluding carboxylic acids is 1. The van der Waals surface area contributed by atoms with Crippen molar-refractivity contribution in [2.24, 2.45) is 4.99 Å². The predicted octanol–water partition coefficient (Wildman–Crippen LogP) is 1.82. The van der Waals surface area contributed by atoms with E-state index in [4.69, 9.17) is 4.74 Å². The molecular weight excluding hydrogens is 431 g/mol. The summed E-state index contributed by atoms with van der Waals surface area (Å²) < 4.78 is 5.53. The van der Waals surface area contributed by atoms with Crippen LogP contribution in [0.15, 0.2) is 23.2 Å². The Morgan fingerprint density at radius 2 is 2.12 bits per heavy atom. The van der Waals surface area contributed by atoms with Gasteiger partial charge in [-0.3, -0.25) is 9.79 Å². The third-order valence-corrected chi connectivity index (χ3v) is 3.90. The first-order valence-corrected chi connectivity index (χ1v) is 8.57. The molecule has 2 N–H and O–H groups in total. The maximum Gasteiger partial charge on any atom is 0.223 e. The molecule has 0 spiro atoms. The van der Waals surface area contributed by atoms with Crippen molar-refractivity contribution in [3.05, 3.63) is 29.3 Å². The fraction of sp³-hybridized carbons (Fsp3) is 0.556. The molecule has 140 valence electrons. The van der Waals surface area contributed by atoms with Crippen molar-refractivity contribution in [1.82, 2.24) is 15.5 Å². The minimum absolute atomic E-state index is 0. The number of nitrogens with one attached hydrogen (secondary N) is 2. The van der Waals surface area contributed by atoms with Crippen LogP contribution in [0.1, 0.15) is 24.5 Å². The molecule has 0 aliphatic carbocycles. The summed E-state index contributed by atoms with van der Waals surface area (Å²) >= 11 is 0. The van der Waals surface area contributed by atoms with Crippen molar-refractivity contribution in [2.45, 2.75) is 26.2 Å². The number of fused-ring (bicyclic) bond motifs is 1. The van der Waals surface area contributed by atoms with Crippen molar-refractivity contribution >= 4 is 35.8 Å². The Morgan fingerprint density at radius 1 is 1.32 bits per heavy atom. The van der Waals surface area contributed by atoms with Crippen molar-refractivity contribution in [1.29, 1.82) is 0 Å². The van der Waals surface area contributed by atoms with Gasteiger partial charge < -0.3 is 20.3 Å². The fourth-order valence-corrected chi connectivity index (χ4v) is 2.55. The summed E-state index contributed by atoms with van der Waals surface area (Å²) in [4.78, 5) is 17.6. The SMILES string of the molecule is CCNC(=NCCC(=O)N(C)C)NCCc1ccc2c(c1)CCO2.I. The lowest BCUT2D eigenvalue weighted by atomic mass is 10.1. The van der Waals surface area contributed by atoms with Crippen LogP contribution in [-0.4, -0.2) is 57.1 Å². The number of nitrogens with zero attached hydrogens (tertiary/aromatic N) is 2. The summed E-state index contributed by atoms with van der Waals surface area (Å²) in [6, 6.07) is 6.40. The predicted molar refractivity (Wildman–Crippen MR) is 112 cm³/mol. The first-order valence-electron chi connectivity index (χ1n) is 8.57. The van der Waals surface area contributed by atoms with Crippen LogP contribution in [0.5, 0.6) is 5.75 Å². The lowest BCUT2D eigenvalue weighted by Gasteiger charge is -2.12. The highest BCUT2D eigenvalue weighted by Crippen LogP contribution is 2.25. The Morgan fingerprint density at radius 3 is 2.84 bits per heavy atom. The van der Waals surface area contributed by atoms with Crippen LogP contribution in [0, 0.1) is 0 Å². The van der Waals surface area contributed by atoms with Gasteiger partial charge in [-0.05, 0) is 30.5 Å². The van der Waals surface area contributed by atoms with E-state index in [1.165, 1.54) is 11.1 Å². The summed E-state index contributed by atoms with van der Waals surface area (Å²) in [5.74, 6) is 1.87. The summed E-state index contributed by atoms with van der Waals surface area (Å²) in [5, 5.41) is 6.53. The Balaban J connectivity index is 0.00000312. The summed E-state index contributed by atoms with van der Waals surface area (Å²) in [7, 11) is 3.52. The molecule has 0 saturated carbocycles. The molecule has 1 aliphatic rings. The number of guanidine groups is 1. The first kappa shape index (κ1) is 21.5. The van der Waals surface area contributed by atoms with Crippen molar-refractivity contribution in [3.63, 3.8) is 0 Å². The van der Waals surface area contributed by atoms with E-state index < -0.39 is 0 Å². The second-order valence-corrected chi connectivity index (χ2v) is 6.02. The van der Waals surface area contributed by atoms with E-state index in [0.29, 0.717) is 13.0 Å². The number of halogens is 1. The standard InChI is InChI=1S/C18H28N4O2.HI/c1-4-19-18(21-11-8-17(23)22(2)3)20-10-7-14-5-6-16-15(13-14)9-12-24-16;/h5-6,13H,4,7-12H2,1-3H3,(H2,19,20,21);1H. The summed E-state index contributed by atoms with van der Waals surface area (Å²) in [6.45, 7) is 4.90. The molecule has 0 fully saturated rings. The zero-order valence-electron chi connectivity index (χ0n) is 15.3. The molecule has 0 unspecified atom stereocenters. The largest absolute Gasteiger partial charge is 0.493 e. The van der Waals surface area contributed by atoms with Gasteiger partial charge in [0.05, 0.1) is 13.2 Å². The molecule has 1 aliphatic heterocycles. The second-order valence-electron chi connectivity index (χ2n) is 6.02. The smallest absolute Gasteiger partial charge is 0.223 e. The van der Waals surface area contributed by atoms with Crippen LogP contribution >= 0.6 is 24.0 Å². The number of carbonyl (C=O) groups is 1. The van der Waals surface area contributed by atoms with Gasteiger partial charge in [0.2, 0.25) is 5.91 Å². The van der Waals surface area contributed by atoms with Crippen LogP contribution < -0.4 is 15.4 Å². The molecule has 0 bridgehead atoms. The summed E-state index contributed by atoms with van der Waals surface area (Å²) in [5.41, 5.74) is 2.60. The third kappa shape index (κ3) is 7.09. The molecule has 25 heavy (non-hydrogen) atoms. The average Bonchev–Trinajstić information content (AvgIpc) is 3.02. The number of hydrogen-bond acceptors (Lipinski definition) is 3. The lowest BCUT2D eigenvalue weighted by molar-refractivity contribution is -0.128. The van der Waals surface area contributed by atoms with Crippen LogP contribution in [0.4, 0.5) is 0 Å². The number of amides is 1. The van der Waals surface area contributed by atoms with Gasteiger partial charge in [-0.2, -0.15) is 0 Å². The number of rotatable bonds is 7. The Kier molecular flexibility index (Phi) is 9.62. The van der Waals surface area contributed by atoms with Gasteiger partial charge in [0, 0.05) is 40.0 Å². The van der Waals surface area contributed by atoms with E-state index >= 15 is 0 Å². The van der Waals surface area contributed by atoms with Gasteiger partial charge in [0.1, 0.15) is 5.75 Å². The van der Waals surface area contributed by atoms with Crippen LogP contribution in [0.25, 0.3) is 0 Å². The normalized spacial score (nSPS) is 12.7. The van der Waals surface area contributed by atoms with E-state index in [-0.39, 0.29) is 29.9 Å². The maximum absolute atomic E-state index is 11.6. The highest BCUT2D eigenvalue weighted by Gasteiger charge is 2.11. The van der Waals surface area contributed by atoms with Gasteiger partial charge in [-0.25, -0.2) is 0 Å². The van der Waals surface area contributed by atoms with Crippen LogP contribution in [-0.2, 0) is 17.6 Å². The molecule has 7 heteroatoms. The fourth-order valence-electron chi connectivity index (χ4n) is 2.55. The molecule has 1 aromatic rings. The van der Waals surface area contributed by atoms with Gasteiger partial charge >= 0.3 is 0 Å². The van der Waals surface area contributed by atoms with Crippen molar-refractivity contribution in [2.75, 3.05) is 40.3 Å². The highest BCUT2D eigenvalue weighted by molar-refractivity contribution is 14.0. The lowest BCUT2D eigenvalue weighted by Crippen LogP contribution is -2.38. The molecule has 0 atom stereocenters. The van der Waals surface area contributed by atoms with Crippen LogP contribution in [0.2, 0.25) is 0 Å². The molecule has 2 rings (SSSR count). The first-order chi connectivity index (χ1) is 11.6. The Labute approximate surface area is 167 Å². The van der Waals surface area contributed by atoms with E-state index in [1.54, 1.807) is 19.0 Å². The molecule has 1 amide bonds. The molecule has 6 nitrogen and oxygen atoms in total. The van der Waals surface area contributed by atoms with E-state index in [9.17, 15) is 4.79 Å². The second kappa shape index (κ2) is 11.2. The Bertz CT molecular complexity index is 590. The monoisotopic (exact) mass is 460 g/mol. The zero-order chi connectivity index (χ0) is 17.4. The molecule has 1 aromatic carbocycles. The zero-order valence-corrected chi connectivity index (χ0v) is 17.6. The van der Waals surface area contributed by atoms with Crippen molar-refractivity contribution in [3.8, 4) is 5.75 Å².